The second kappa shape index (κ2) is 9.00. The molecule has 0 unspecified atom stereocenters. The number of benzene rings is 1. The lowest BCUT2D eigenvalue weighted by molar-refractivity contribution is -0.130. The van der Waals surface area contributed by atoms with Gasteiger partial charge in [0.25, 0.3) is 0 Å². The van der Waals surface area contributed by atoms with E-state index in [1.807, 2.05) is 21.6 Å². The summed E-state index contributed by atoms with van der Waals surface area (Å²) in [4.78, 5) is 19.0. The van der Waals surface area contributed by atoms with Crippen LogP contribution in [0.3, 0.4) is 0 Å². The van der Waals surface area contributed by atoms with Crippen LogP contribution in [0.15, 0.2) is 47.9 Å². The summed E-state index contributed by atoms with van der Waals surface area (Å²) in [5.41, 5.74) is 4.26. The van der Waals surface area contributed by atoms with E-state index in [4.69, 9.17) is 0 Å². The molecule has 1 saturated heterocycles. The largest absolute Gasteiger partial charge is 0.342 e. The first-order chi connectivity index (χ1) is 14.5. The molecule has 1 aliphatic rings. The van der Waals surface area contributed by atoms with Gasteiger partial charge in [-0.15, -0.1) is 10.2 Å². The highest BCUT2D eigenvalue weighted by Gasteiger charge is 2.23. The van der Waals surface area contributed by atoms with Crippen LogP contribution in [0.25, 0.3) is 17.1 Å². The first kappa shape index (κ1) is 20.6. The quantitative estimate of drug-likeness (QED) is 0.575. The summed E-state index contributed by atoms with van der Waals surface area (Å²) in [6, 6.07) is 10.2. The van der Waals surface area contributed by atoms with Crippen molar-refractivity contribution in [3.05, 3.63) is 53.9 Å². The molecule has 156 valence electrons. The number of amides is 1. The number of piperidine rings is 1. The highest BCUT2D eigenvalue weighted by Crippen LogP contribution is 2.30. The number of nitrogens with zero attached hydrogens (tertiary/aromatic N) is 5. The second-order valence-electron chi connectivity index (χ2n) is 8.05. The Morgan fingerprint density at radius 2 is 2.10 bits per heavy atom. The molecule has 0 bridgehead atoms. The average Bonchev–Trinajstić information content (AvgIpc) is 3.16. The van der Waals surface area contributed by atoms with Gasteiger partial charge in [0, 0.05) is 31.0 Å². The first-order valence-corrected chi connectivity index (χ1v) is 11.4. The van der Waals surface area contributed by atoms with Crippen LogP contribution in [0.2, 0.25) is 0 Å². The number of aromatic nitrogens is 4. The first-order valence-electron chi connectivity index (χ1n) is 10.4. The van der Waals surface area contributed by atoms with E-state index in [1.165, 1.54) is 23.7 Å². The predicted molar refractivity (Wildman–Crippen MR) is 120 cm³/mol. The third kappa shape index (κ3) is 4.41. The van der Waals surface area contributed by atoms with Crippen LogP contribution in [0.4, 0.5) is 0 Å². The number of aryl methyl sites for hydroxylation is 2. The molecule has 3 heterocycles. The molecule has 1 amide bonds. The van der Waals surface area contributed by atoms with E-state index in [0.29, 0.717) is 11.7 Å². The maximum absolute atomic E-state index is 12.8. The van der Waals surface area contributed by atoms with Crippen molar-refractivity contribution in [3.8, 4) is 17.1 Å². The molecule has 30 heavy (non-hydrogen) atoms. The van der Waals surface area contributed by atoms with Gasteiger partial charge in [0.2, 0.25) is 5.91 Å². The van der Waals surface area contributed by atoms with Gasteiger partial charge in [-0.3, -0.25) is 14.3 Å². The lowest BCUT2D eigenvalue weighted by Crippen LogP contribution is -2.40. The van der Waals surface area contributed by atoms with Gasteiger partial charge in [0.15, 0.2) is 11.0 Å². The molecule has 0 spiro atoms. The Kier molecular flexibility index (Phi) is 6.18. The molecule has 7 heteroatoms. The average molecular weight is 422 g/mol. The molecule has 0 saturated carbocycles. The Hall–Kier alpha value is -2.67. The standard InChI is InChI=1S/C23H27N5OS/c1-16-8-9-20(18(3)12-16)28-22(19-7-4-10-24-13-19)25-26-23(28)30-15-21(29)27-11-5-6-17(2)14-27/h4,7-10,12-13,17H,5-6,11,14-15H2,1-3H3/t17-/m0/s1. The molecule has 6 nitrogen and oxygen atoms in total. The number of hydrogen-bond acceptors (Lipinski definition) is 5. The monoisotopic (exact) mass is 421 g/mol. The molecule has 0 radical (unpaired) electrons. The molecule has 0 N–H and O–H groups in total. The van der Waals surface area contributed by atoms with Crippen molar-refractivity contribution >= 4 is 17.7 Å². The Morgan fingerprint density at radius 3 is 2.83 bits per heavy atom. The van der Waals surface area contributed by atoms with Gasteiger partial charge in [0.1, 0.15) is 0 Å². The summed E-state index contributed by atoms with van der Waals surface area (Å²) in [6.07, 6.45) is 5.82. The summed E-state index contributed by atoms with van der Waals surface area (Å²) >= 11 is 1.45. The van der Waals surface area contributed by atoms with Gasteiger partial charge in [-0.25, -0.2) is 0 Å². The zero-order chi connectivity index (χ0) is 21.1. The van der Waals surface area contributed by atoms with Gasteiger partial charge in [-0.1, -0.05) is 36.4 Å². The molecule has 4 rings (SSSR count). The number of hydrogen-bond donors (Lipinski definition) is 0. The number of rotatable bonds is 5. The van der Waals surface area contributed by atoms with Crippen molar-refractivity contribution in [1.82, 2.24) is 24.6 Å². The van der Waals surface area contributed by atoms with Crippen molar-refractivity contribution in [2.24, 2.45) is 5.92 Å². The van der Waals surface area contributed by atoms with Crippen molar-refractivity contribution in [3.63, 3.8) is 0 Å². The molecule has 1 fully saturated rings. The highest BCUT2D eigenvalue weighted by atomic mass is 32.2. The summed E-state index contributed by atoms with van der Waals surface area (Å²) in [6.45, 7) is 8.09. The van der Waals surface area contributed by atoms with Gasteiger partial charge < -0.3 is 4.90 Å². The van der Waals surface area contributed by atoms with Gasteiger partial charge in [-0.05, 0) is 56.4 Å². The van der Waals surface area contributed by atoms with E-state index in [2.05, 4.69) is 54.2 Å². The topological polar surface area (TPSA) is 63.9 Å². The minimum atomic E-state index is 0.171. The molecule has 0 aliphatic carbocycles. The van der Waals surface area contributed by atoms with Crippen LogP contribution in [0.1, 0.15) is 30.9 Å². The fourth-order valence-corrected chi connectivity index (χ4v) is 4.80. The van der Waals surface area contributed by atoms with Crippen LogP contribution in [-0.4, -0.2) is 49.4 Å². The smallest absolute Gasteiger partial charge is 0.233 e. The number of carbonyl (C=O) groups is 1. The Bertz CT molecular complexity index is 1030. The lowest BCUT2D eigenvalue weighted by Gasteiger charge is -2.30. The van der Waals surface area contributed by atoms with Crippen molar-refractivity contribution in [2.75, 3.05) is 18.8 Å². The summed E-state index contributed by atoms with van der Waals surface area (Å²) < 4.78 is 2.04. The van der Waals surface area contributed by atoms with Gasteiger partial charge in [0.05, 0.1) is 11.4 Å². The molecule has 1 aliphatic heterocycles. The van der Waals surface area contributed by atoms with E-state index in [-0.39, 0.29) is 5.91 Å². The van der Waals surface area contributed by atoms with Crippen LogP contribution in [0, 0.1) is 19.8 Å². The minimum absolute atomic E-state index is 0.171. The van der Waals surface area contributed by atoms with Gasteiger partial charge >= 0.3 is 0 Å². The number of likely N-dealkylation sites (tertiary alicyclic amines) is 1. The molecular formula is C23H27N5OS. The van der Waals surface area contributed by atoms with Crippen molar-refractivity contribution in [1.29, 1.82) is 0 Å². The second-order valence-corrected chi connectivity index (χ2v) is 8.99. The molecular weight excluding hydrogens is 394 g/mol. The summed E-state index contributed by atoms with van der Waals surface area (Å²) in [5.74, 6) is 1.84. The number of thioether (sulfide) groups is 1. The molecule has 2 aromatic heterocycles. The predicted octanol–water partition coefficient (Wildman–Crippen LogP) is 4.30. The molecule has 1 atom stereocenters. The van der Waals surface area contributed by atoms with Crippen molar-refractivity contribution < 1.29 is 4.79 Å². The van der Waals surface area contributed by atoms with E-state index >= 15 is 0 Å². The van der Waals surface area contributed by atoms with Crippen molar-refractivity contribution in [2.45, 2.75) is 38.8 Å². The van der Waals surface area contributed by atoms with E-state index in [9.17, 15) is 4.79 Å². The normalized spacial score (nSPS) is 16.6. The van der Waals surface area contributed by atoms with Crippen LogP contribution >= 0.6 is 11.8 Å². The Morgan fingerprint density at radius 1 is 1.23 bits per heavy atom. The van der Waals surface area contributed by atoms with Crippen LogP contribution < -0.4 is 0 Å². The maximum atomic E-state index is 12.8. The lowest BCUT2D eigenvalue weighted by atomic mass is 10.0. The van der Waals surface area contributed by atoms with Crippen LogP contribution in [-0.2, 0) is 4.79 Å². The summed E-state index contributed by atoms with van der Waals surface area (Å²) in [5, 5.41) is 9.62. The molecule has 1 aromatic carbocycles. The SMILES string of the molecule is Cc1ccc(-n2c(SCC(=O)N3CCC[C@H](C)C3)nnc2-c2cccnc2)c(C)c1. The number of carbonyl (C=O) groups excluding carboxylic acids is 1. The fourth-order valence-electron chi connectivity index (χ4n) is 3.95. The Balaban J connectivity index is 1.64. The maximum Gasteiger partial charge on any atom is 0.233 e. The van der Waals surface area contributed by atoms with Gasteiger partial charge in [-0.2, -0.15) is 0 Å². The van der Waals surface area contributed by atoms with E-state index in [0.717, 1.165) is 47.3 Å². The minimum Gasteiger partial charge on any atom is -0.342 e. The highest BCUT2D eigenvalue weighted by molar-refractivity contribution is 7.99. The van der Waals surface area contributed by atoms with E-state index < -0.39 is 0 Å². The third-order valence-corrected chi connectivity index (χ3v) is 6.39. The zero-order valence-electron chi connectivity index (χ0n) is 17.7. The number of pyridine rings is 1. The fraction of sp³-hybridized carbons (Fsp3) is 0.391. The summed E-state index contributed by atoms with van der Waals surface area (Å²) in [7, 11) is 0. The third-order valence-electron chi connectivity index (χ3n) is 5.48. The Labute approximate surface area is 181 Å². The molecule has 3 aromatic rings. The zero-order valence-corrected chi connectivity index (χ0v) is 18.5. The van der Waals surface area contributed by atoms with E-state index in [1.54, 1.807) is 12.4 Å². The van der Waals surface area contributed by atoms with Crippen LogP contribution in [0.5, 0.6) is 0 Å².